The summed E-state index contributed by atoms with van der Waals surface area (Å²) >= 11 is 0. The molecule has 1 aliphatic rings. The maximum absolute atomic E-state index is 10.6. The fourth-order valence-electron chi connectivity index (χ4n) is 0.689. The topological polar surface area (TPSA) is 55.1 Å². The molecule has 0 unspecified atom stereocenters. The second-order valence-corrected chi connectivity index (χ2v) is 2.43. The van der Waals surface area contributed by atoms with Crippen molar-refractivity contribution in [3.05, 3.63) is 0 Å². The fraction of sp³-hybridized carbons (Fsp3) is 0.833. The Morgan fingerprint density at radius 1 is 1.89 bits per heavy atom. The van der Waals surface area contributed by atoms with Gasteiger partial charge in [-0.3, -0.25) is 4.79 Å². The van der Waals surface area contributed by atoms with Crippen LogP contribution in [0.15, 0.2) is 0 Å². The van der Waals surface area contributed by atoms with Gasteiger partial charge in [0, 0.05) is 18.5 Å². The maximum atomic E-state index is 10.6. The molecule has 0 aromatic heterocycles. The van der Waals surface area contributed by atoms with Gasteiger partial charge in [0.15, 0.2) is 0 Å². The molecule has 0 radical (unpaired) electrons. The number of hydrogen-bond acceptors (Lipinski definition) is 2. The summed E-state index contributed by atoms with van der Waals surface area (Å²) in [5, 5.41) is 2.79. The monoisotopic (exact) mass is 128 g/mol. The van der Waals surface area contributed by atoms with E-state index in [1.165, 1.54) is 0 Å². The second-order valence-electron chi connectivity index (χ2n) is 2.43. The van der Waals surface area contributed by atoms with E-state index in [0.717, 1.165) is 6.42 Å². The molecule has 0 spiro atoms. The molecular weight excluding hydrogens is 116 g/mol. The van der Waals surface area contributed by atoms with Crippen molar-refractivity contribution in [1.29, 1.82) is 0 Å². The molecule has 1 saturated carbocycles. The van der Waals surface area contributed by atoms with Gasteiger partial charge in [0.2, 0.25) is 5.91 Å². The van der Waals surface area contributed by atoms with E-state index in [1.807, 2.05) is 6.92 Å². The minimum Gasteiger partial charge on any atom is -0.352 e. The zero-order valence-electron chi connectivity index (χ0n) is 5.55. The van der Waals surface area contributed by atoms with Crippen molar-refractivity contribution in [1.82, 2.24) is 5.32 Å². The van der Waals surface area contributed by atoms with Crippen molar-refractivity contribution < 1.29 is 4.79 Å². The zero-order valence-corrected chi connectivity index (χ0v) is 5.55. The molecule has 9 heavy (non-hydrogen) atoms. The summed E-state index contributed by atoms with van der Waals surface area (Å²) in [7, 11) is 0. The van der Waals surface area contributed by atoms with Gasteiger partial charge in [-0.1, -0.05) is 6.92 Å². The Morgan fingerprint density at radius 2 is 2.44 bits per heavy atom. The summed E-state index contributed by atoms with van der Waals surface area (Å²) in [4.78, 5) is 10.6. The van der Waals surface area contributed by atoms with Crippen LogP contribution >= 0.6 is 0 Å². The molecule has 3 heteroatoms. The first-order valence-corrected chi connectivity index (χ1v) is 3.29. The van der Waals surface area contributed by atoms with Crippen LogP contribution in [0.2, 0.25) is 0 Å². The lowest BCUT2D eigenvalue weighted by atomic mass is 10.4. The van der Waals surface area contributed by atoms with Crippen molar-refractivity contribution in [3.63, 3.8) is 0 Å². The third-order valence-corrected chi connectivity index (χ3v) is 1.51. The Hall–Kier alpha value is -0.570. The van der Waals surface area contributed by atoms with Crippen molar-refractivity contribution >= 4 is 5.91 Å². The number of carbonyl (C=O) groups excluding carboxylic acids is 1. The molecule has 52 valence electrons. The molecular formula is C6H12N2O. The van der Waals surface area contributed by atoms with Gasteiger partial charge in [0.25, 0.3) is 0 Å². The summed E-state index contributed by atoms with van der Waals surface area (Å²) in [5.41, 5.74) is 5.45. The van der Waals surface area contributed by atoms with Crippen LogP contribution in [-0.2, 0) is 4.79 Å². The van der Waals surface area contributed by atoms with Crippen LogP contribution in [0.3, 0.4) is 0 Å². The molecule has 3 nitrogen and oxygen atoms in total. The number of amides is 1. The van der Waals surface area contributed by atoms with Crippen LogP contribution in [0.4, 0.5) is 0 Å². The fourth-order valence-corrected chi connectivity index (χ4v) is 0.689. The molecule has 1 amide bonds. The van der Waals surface area contributed by atoms with Gasteiger partial charge in [-0.25, -0.2) is 0 Å². The van der Waals surface area contributed by atoms with Crippen molar-refractivity contribution in [2.24, 2.45) is 5.73 Å². The predicted octanol–water partition coefficient (Wildman–Crippen LogP) is -0.388. The zero-order chi connectivity index (χ0) is 6.85. The van der Waals surface area contributed by atoms with Crippen molar-refractivity contribution in [2.45, 2.75) is 31.8 Å². The van der Waals surface area contributed by atoms with E-state index in [4.69, 9.17) is 5.73 Å². The van der Waals surface area contributed by atoms with Crippen LogP contribution in [0.25, 0.3) is 0 Å². The second kappa shape index (κ2) is 2.35. The van der Waals surface area contributed by atoms with E-state index in [-0.39, 0.29) is 18.0 Å². The molecule has 0 saturated heterocycles. The molecule has 0 heterocycles. The molecule has 1 rings (SSSR count). The standard InChI is InChI=1S/C6H12N2O/c1-2-6(9)8-5-3-4(5)7/h4-5H,2-3,7H2,1H3,(H,8,9)/t4-,5-/m1/s1. The minimum atomic E-state index is 0.105. The third kappa shape index (κ3) is 1.68. The Kier molecular flexibility index (Phi) is 1.71. The Morgan fingerprint density at radius 3 is 2.78 bits per heavy atom. The van der Waals surface area contributed by atoms with Gasteiger partial charge >= 0.3 is 0 Å². The molecule has 2 atom stereocenters. The molecule has 0 aromatic rings. The first kappa shape index (κ1) is 6.55. The number of carbonyl (C=O) groups is 1. The summed E-state index contributed by atoms with van der Waals surface area (Å²) in [5.74, 6) is 0.105. The normalized spacial score (nSPS) is 31.8. The van der Waals surface area contributed by atoms with Crippen LogP contribution in [-0.4, -0.2) is 18.0 Å². The molecule has 1 aliphatic carbocycles. The lowest BCUT2D eigenvalue weighted by molar-refractivity contribution is -0.120. The summed E-state index contributed by atoms with van der Waals surface area (Å²) < 4.78 is 0. The van der Waals surface area contributed by atoms with Gasteiger partial charge in [-0.2, -0.15) is 0 Å². The highest BCUT2D eigenvalue weighted by atomic mass is 16.1. The Bertz CT molecular complexity index is 124. The summed E-state index contributed by atoms with van der Waals surface area (Å²) in [6, 6.07) is 0.498. The van der Waals surface area contributed by atoms with Crippen molar-refractivity contribution in [2.75, 3.05) is 0 Å². The Balaban J connectivity index is 2.12. The average molecular weight is 128 g/mol. The highest BCUT2D eigenvalue weighted by molar-refractivity contribution is 5.76. The molecule has 0 bridgehead atoms. The smallest absolute Gasteiger partial charge is 0.219 e. The van der Waals surface area contributed by atoms with E-state index in [2.05, 4.69) is 5.32 Å². The summed E-state index contributed by atoms with van der Waals surface area (Å²) in [6.07, 6.45) is 1.51. The van der Waals surface area contributed by atoms with Crippen LogP contribution < -0.4 is 11.1 Å². The van der Waals surface area contributed by atoms with Crippen LogP contribution in [0.1, 0.15) is 19.8 Å². The Labute approximate surface area is 54.6 Å². The van der Waals surface area contributed by atoms with Crippen LogP contribution in [0.5, 0.6) is 0 Å². The van der Waals surface area contributed by atoms with E-state index in [1.54, 1.807) is 0 Å². The summed E-state index contributed by atoms with van der Waals surface area (Å²) in [6.45, 7) is 1.84. The van der Waals surface area contributed by atoms with Gasteiger partial charge in [-0.05, 0) is 6.42 Å². The van der Waals surface area contributed by atoms with Crippen LogP contribution in [0, 0.1) is 0 Å². The molecule has 1 fully saturated rings. The van der Waals surface area contributed by atoms with E-state index < -0.39 is 0 Å². The average Bonchev–Trinajstić information content (AvgIpc) is 2.47. The molecule has 0 aliphatic heterocycles. The van der Waals surface area contributed by atoms with Gasteiger partial charge < -0.3 is 11.1 Å². The minimum absolute atomic E-state index is 0.105. The maximum Gasteiger partial charge on any atom is 0.219 e. The number of rotatable bonds is 2. The largest absolute Gasteiger partial charge is 0.352 e. The number of nitrogens with one attached hydrogen (secondary N) is 1. The lowest BCUT2D eigenvalue weighted by Crippen LogP contribution is -2.28. The van der Waals surface area contributed by atoms with E-state index >= 15 is 0 Å². The first-order chi connectivity index (χ1) is 4.24. The quantitative estimate of drug-likeness (QED) is 0.532. The highest BCUT2D eigenvalue weighted by Crippen LogP contribution is 2.17. The van der Waals surface area contributed by atoms with Gasteiger partial charge in [0.05, 0.1) is 0 Å². The van der Waals surface area contributed by atoms with E-state index in [0.29, 0.717) is 6.42 Å². The number of nitrogens with two attached hydrogens (primary N) is 1. The highest BCUT2D eigenvalue weighted by Gasteiger charge is 2.34. The number of hydrogen-bond donors (Lipinski definition) is 2. The molecule has 3 N–H and O–H groups in total. The first-order valence-electron chi connectivity index (χ1n) is 3.29. The van der Waals surface area contributed by atoms with Crippen molar-refractivity contribution in [3.8, 4) is 0 Å². The third-order valence-electron chi connectivity index (χ3n) is 1.51. The lowest BCUT2D eigenvalue weighted by Gasteiger charge is -1.97. The van der Waals surface area contributed by atoms with Gasteiger partial charge in [0.1, 0.15) is 0 Å². The van der Waals surface area contributed by atoms with Gasteiger partial charge in [-0.15, -0.1) is 0 Å². The SMILES string of the molecule is CCC(=O)N[C@@H]1C[C@H]1N. The molecule has 0 aromatic carbocycles. The van der Waals surface area contributed by atoms with E-state index in [9.17, 15) is 4.79 Å². The predicted molar refractivity (Wildman–Crippen MR) is 34.8 cm³/mol.